The number of nitrogens with one attached hydrogen (secondary N) is 1. The number of aromatic hydroxyl groups is 1. The largest absolute Gasteiger partial charge is 0.506 e. The number of aromatic carboxylic acids is 1. The topological polar surface area (TPSA) is 129 Å². The maximum absolute atomic E-state index is 15.0. The molecule has 2 aromatic carbocycles. The first kappa shape index (κ1) is 32.1. The molecule has 0 aliphatic carbocycles. The summed E-state index contributed by atoms with van der Waals surface area (Å²) in [5.74, 6) is -2.07. The molecule has 0 radical (unpaired) electrons. The van der Waals surface area contributed by atoms with Crippen LogP contribution in [0.15, 0.2) is 36.4 Å². The van der Waals surface area contributed by atoms with Crippen LogP contribution in [0.4, 0.5) is 14.9 Å². The monoisotopic (exact) mass is 588 g/mol. The van der Waals surface area contributed by atoms with Crippen LogP contribution >= 0.6 is 0 Å². The maximum atomic E-state index is 15.0. The molecular formula is C30H41FN2O7Si. The number of phenols is 1. The van der Waals surface area contributed by atoms with Crippen molar-refractivity contribution in [1.29, 1.82) is 0 Å². The van der Waals surface area contributed by atoms with Crippen molar-refractivity contribution in [1.82, 2.24) is 4.90 Å². The molecule has 0 spiro atoms. The number of anilines is 1. The number of ether oxygens (including phenoxy) is 1. The lowest BCUT2D eigenvalue weighted by Gasteiger charge is -2.41. The molecule has 1 aliphatic rings. The number of phenolic OH excluding ortho intramolecular Hbond substituents is 1. The van der Waals surface area contributed by atoms with Gasteiger partial charge in [0.05, 0.1) is 30.4 Å². The minimum atomic E-state index is -2.47. The van der Waals surface area contributed by atoms with Crippen molar-refractivity contribution in [2.24, 2.45) is 0 Å². The Morgan fingerprint density at radius 2 is 1.78 bits per heavy atom. The fourth-order valence-corrected chi connectivity index (χ4v) is 5.36. The first-order valence-electron chi connectivity index (χ1n) is 13.4. The van der Waals surface area contributed by atoms with E-state index in [1.165, 1.54) is 23.1 Å². The molecule has 1 unspecified atom stereocenters. The third-order valence-corrected chi connectivity index (χ3v) is 11.8. The van der Waals surface area contributed by atoms with Gasteiger partial charge in [-0.15, -0.1) is 0 Å². The molecule has 2 aromatic rings. The summed E-state index contributed by atoms with van der Waals surface area (Å²) in [5, 5.41) is 32.5. The Morgan fingerprint density at radius 3 is 2.34 bits per heavy atom. The molecule has 11 heteroatoms. The third-order valence-electron chi connectivity index (χ3n) is 7.28. The fraction of sp³-hybridized carbons (Fsp3) is 0.467. The number of rotatable bonds is 8. The van der Waals surface area contributed by atoms with E-state index in [1.54, 1.807) is 39.0 Å². The summed E-state index contributed by atoms with van der Waals surface area (Å²) < 4.78 is 27.6. The van der Waals surface area contributed by atoms with Crippen molar-refractivity contribution >= 4 is 32.1 Å². The van der Waals surface area contributed by atoms with Crippen LogP contribution in [0.25, 0.3) is 6.08 Å². The summed E-state index contributed by atoms with van der Waals surface area (Å²) in [4.78, 5) is 26.2. The van der Waals surface area contributed by atoms with Crippen LogP contribution in [0.5, 0.6) is 5.75 Å². The molecule has 3 rings (SSSR count). The lowest BCUT2D eigenvalue weighted by atomic mass is 9.96. The minimum absolute atomic E-state index is 0.0326. The standard InChI is InChI=1S/C30H41FN2O7Si/c1-29(2,3)39-28(38)33(16-19-10-9-18(27(36)37)15-22(19)31)17-24(40-41(7,8)30(4,5)6)20-11-13-23(34)26-21(20)12-14-25(35)32-26/h9-15,24-25,32,34-35H,16-17H2,1-8H3,(H,36,37)/t24-,25?/m0/s1. The fourth-order valence-electron chi connectivity index (χ4n) is 4.10. The summed E-state index contributed by atoms with van der Waals surface area (Å²) >= 11 is 0. The predicted molar refractivity (Wildman–Crippen MR) is 158 cm³/mol. The number of aliphatic hydroxyl groups is 1. The van der Waals surface area contributed by atoms with Crippen molar-refractivity contribution < 1.29 is 38.5 Å². The van der Waals surface area contributed by atoms with Crippen LogP contribution in [0, 0.1) is 5.82 Å². The number of hydrogen-bond donors (Lipinski definition) is 4. The molecule has 1 heterocycles. The third kappa shape index (κ3) is 7.87. The lowest BCUT2D eigenvalue weighted by molar-refractivity contribution is 0.0134. The molecule has 224 valence electrons. The van der Waals surface area contributed by atoms with Gasteiger partial charge in [0, 0.05) is 11.1 Å². The highest BCUT2D eigenvalue weighted by molar-refractivity contribution is 6.74. The molecule has 2 atom stereocenters. The Morgan fingerprint density at radius 1 is 1.12 bits per heavy atom. The van der Waals surface area contributed by atoms with Gasteiger partial charge in [-0.1, -0.05) is 39.0 Å². The van der Waals surface area contributed by atoms with E-state index in [2.05, 4.69) is 39.2 Å². The van der Waals surface area contributed by atoms with E-state index in [4.69, 9.17) is 9.16 Å². The number of benzene rings is 2. The van der Waals surface area contributed by atoms with Crippen molar-refractivity contribution in [2.45, 2.75) is 84.2 Å². The Bertz CT molecular complexity index is 1330. The molecule has 0 saturated heterocycles. The molecule has 41 heavy (non-hydrogen) atoms. The van der Waals surface area contributed by atoms with Crippen molar-refractivity contribution in [3.63, 3.8) is 0 Å². The zero-order valence-electron chi connectivity index (χ0n) is 24.9. The van der Waals surface area contributed by atoms with E-state index in [1.807, 2.05) is 0 Å². The first-order chi connectivity index (χ1) is 18.8. The van der Waals surface area contributed by atoms with Crippen LogP contribution in [0.3, 0.4) is 0 Å². The van der Waals surface area contributed by atoms with Gasteiger partial charge in [-0.25, -0.2) is 14.0 Å². The quantitative estimate of drug-likeness (QED) is 0.204. The van der Waals surface area contributed by atoms with E-state index in [0.29, 0.717) is 16.8 Å². The molecule has 0 bridgehead atoms. The highest BCUT2D eigenvalue weighted by atomic mass is 28.4. The van der Waals surface area contributed by atoms with Gasteiger partial charge in [-0.3, -0.25) is 0 Å². The summed E-state index contributed by atoms with van der Waals surface area (Å²) in [6.45, 7) is 15.4. The second-order valence-corrected chi connectivity index (χ2v) is 17.5. The van der Waals surface area contributed by atoms with Crippen molar-refractivity contribution in [3.8, 4) is 5.75 Å². The molecule has 9 nitrogen and oxygen atoms in total. The summed E-state index contributed by atoms with van der Waals surface area (Å²) in [5.41, 5.74) is 0.669. The normalized spacial score (nSPS) is 16.0. The first-order valence-corrected chi connectivity index (χ1v) is 16.4. The van der Waals surface area contributed by atoms with E-state index in [0.717, 1.165) is 6.07 Å². The number of aliphatic hydroxyl groups excluding tert-OH is 1. The van der Waals surface area contributed by atoms with E-state index < -0.39 is 44.1 Å². The highest BCUT2D eigenvalue weighted by Gasteiger charge is 2.41. The second-order valence-electron chi connectivity index (χ2n) is 12.7. The molecular weight excluding hydrogens is 547 g/mol. The van der Waals surface area contributed by atoms with Crippen LogP contribution in [0.2, 0.25) is 18.1 Å². The average molecular weight is 589 g/mol. The second kappa shape index (κ2) is 11.8. The Balaban J connectivity index is 2.12. The van der Waals surface area contributed by atoms with Crippen molar-refractivity contribution in [3.05, 3.63) is 64.5 Å². The number of carbonyl (C=O) groups excluding carboxylic acids is 1. The summed E-state index contributed by atoms with van der Waals surface area (Å²) in [6, 6.07) is 6.76. The van der Waals surface area contributed by atoms with Crippen LogP contribution < -0.4 is 5.32 Å². The van der Waals surface area contributed by atoms with E-state index in [9.17, 15) is 24.9 Å². The smallest absolute Gasteiger partial charge is 0.410 e. The Hall–Kier alpha value is -3.41. The van der Waals surface area contributed by atoms with Gasteiger partial charge in [0.1, 0.15) is 23.4 Å². The number of halogens is 1. The highest BCUT2D eigenvalue weighted by Crippen LogP contribution is 2.43. The number of hydrogen-bond acceptors (Lipinski definition) is 7. The summed E-state index contributed by atoms with van der Waals surface area (Å²) in [7, 11) is -2.47. The van der Waals surface area contributed by atoms with E-state index >= 15 is 4.39 Å². The number of amides is 1. The Kier molecular flexibility index (Phi) is 9.26. The average Bonchev–Trinajstić information content (AvgIpc) is 2.82. The van der Waals surface area contributed by atoms with Gasteiger partial charge in [0.2, 0.25) is 0 Å². The van der Waals surface area contributed by atoms with Gasteiger partial charge in [0.15, 0.2) is 8.32 Å². The predicted octanol–water partition coefficient (Wildman–Crippen LogP) is 6.49. The van der Waals surface area contributed by atoms with Gasteiger partial charge in [-0.2, -0.15) is 0 Å². The number of carboxylic acid groups (broad SMARTS) is 1. The van der Waals surface area contributed by atoms with Crippen LogP contribution in [0.1, 0.15) is 74.7 Å². The summed E-state index contributed by atoms with van der Waals surface area (Å²) in [6.07, 6.45) is 0.828. The zero-order valence-corrected chi connectivity index (χ0v) is 25.9. The minimum Gasteiger partial charge on any atom is -0.506 e. The number of nitrogens with zero attached hydrogens (tertiary/aromatic N) is 1. The molecule has 0 fully saturated rings. The van der Waals surface area contributed by atoms with Gasteiger partial charge in [-0.05, 0) is 68.7 Å². The molecule has 4 N–H and O–H groups in total. The lowest BCUT2D eigenvalue weighted by Crippen LogP contribution is -2.45. The molecule has 1 aliphatic heterocycles. The molecule has 1 amide bonds. The number of fused-ring (bicyclic) bond motifs is 1. The number of carbonyl (C=O) groups is 2. The van der Waals surface area contributed by atoms with Crippen LogP contribution in [-0.4, -0.2) is 59.0 Å². The van der Waals surface area contributed by atoms with Crippen LogP contribution in [-0.2, 0) is 15.7 Å². The molecule has 0 saturated carbocycles. The van der Waals surface area contributed by atoms with Gasteiger partial charge < -0.3 is 34.7 Å². The molecule has 0 aromatic heterocycles. The Labute approximate surface area is 241 Å². The van der Waals surface area contributed by atoms with Gasteiger partial charge in [0.25, 0.3) is 0 Å². The SMILES string of the molecule is CC(C)(C)OC(=O)N(Cc1ccc(C(=O)O)cc1F)C[C@H](O[Si](C)(C)C(C)(C)C)c1ccc(O)c2c1C=CC(O)N2. The maximum Gasteiger partial charge on any atom is 0.410 e. The zero-order chi connectivity index (χ0) is 30.9. The van der Waals surface area contributed by atoms with E-state index in [-0.39, 0.29) is 35.0 Å². The number of carboxylic acids is 1. The van der Waals surface area contributed by atoms with Crippen molar-refractivity contribution in [2.75, 3.05) is 11.9 Å². The van der Waals surface area contributed by atoms with Gasteiger partial charge >= 0.3 is 12.1 Å².